The number of carbonyl (C=O) groups is 1. The number of carbonyl (C=O) groups excluding carboxylic acids is 1. The number of ether oxygens (including phenoxy) is 2. The summed E-state index contributed by atoms with van der Waals surface area (Å²) in [4.78, 5) is 13.5. The van der Waals surface area contributed by atoms with Crippen LogP contribution in [0.5, 0.6) is 5.75 Å². The van der Waals surface area contributed by atoms with Crippen molar-refractivity contribution in [1.29, 1.82) is 0 Å². The summed E-state index contributed by atoms with van der Waals surface area (Å²) in [6, 6.07) is 5.32. The van der Waals surface area contributed by atoms with Gasteiger partial charge in [-0.2, -0.15) is 0 Å². The van der Waals surface area contributed by atoms with Crippen LogP contribution in [0.15, 0.2) is 22.7 Å². The first-order chi connectivity index (χ1) is 12.3. The zero-order valence-corrected chi connectivity index (χ0v) is 16.9. The maximum absolute atomic E-state index is 14.3. The molecule has 0 amide bonds. The molecule has 146 valence electrons. The number of rotatable bonds is 8. The Morgan fingerprint density at radius 2 is 2.04 bits per heavy atom. The van der Waals surface area contributed by atoms with E-state index < -0.39 is 12.5 Å². The van der Waals surface area contributed by atoms with Crippen molar-refractivity contribution in [2.45, 2.75) is 39.0 Å². The summed E-state index contributed by atoms with van der Waals surface area (Å²) < 4.78 is 39.8. The molecule has 1 aromatic carbocycles. The van der Waals surface area contributed by atoms with Crippen molar-refractivity contribution in [1.82, 2.24) is 4.90 Å². The second kappa shape index (κ2) is 9.65. The van der Waals surface area contributed by atoms with Crippen LogP contribution in [0, 0.1) is 12.8 Å². The molecule has 1 heterocycles. The van der Waals surface area contributed by atoms with Gasteiger partial charge in [0.05, 0.1) is 13.2 Å². The minimum Gasteiger partial charge on any atom is -0.487 e. The van der Waals surface area contributed by atoms with Crippen LogP contribution < -0.4 is 4.74 Å². The predicted octanol–water partition coefficient (Wildman–Crippen LogP) is 4.44. The molecule has 0 radical (unpaired) electrons. The Bertz CT molecular complexity index is 604. The molecule has 1 aliphatic heterocycles. The van der Waals surface area contributed by atoms with Gasteiger partial charge < -0.3 is 9.47 Å². The molecule has 0 saturated carbocycles. The molecule has 1 fully saturated rings. The Balaban J connectivity index is 1.77. The number of piperidine rings is 1. The van der Waals surface area contributed by atoms with E-state index in [1.807, 2.05) is 17.9 Å². The van der Waals surface area contributed by atoms with Gasteiger partial charge in [0.15, 0.2) is 6.61 Å². The van der Waals surface area contributed by atoms with Crippen LogP contribution in [0.1, 0.15) is 31.7 Å². The van der Waals surface area contributed by atoms with Crippen LogP contribution in [-0.2, 0) is 9.53 Å². The smallest absolute Gasteiger partial charge is 0.320 e. The molecule has 0 spiro atoms. The van der Waals surface area contributed by atoms with E-state index in [1.165, 1.54) is 0 Å². The molecular weight excluding hydrogens is 408 g/mol. The monoisotopic (exact) mass is 433 g/mol. The highest BCUT2D eigenvalue weighted by molar-refractivity contribution is 9.10. The van der Waals surface area contributed by atoms with Gasteiger partial charge >= 0.3 is 5.97 Å². The third-order valence-electron chi connectivity index (χ3n) is 4.61. The Morgan fingerprint density at radius 1 is 1.35 bits per heavy atom. The SMILES string of the molecule is CCOC(=O)CN1CCC(CC(F)(F)COc2cccc(Br)c2C)CC1. The summed E-state index contributed by atoms with van der Waals surface area (Å²) in [5, 5.41) is 0. The molecule has 0 atom stereocenters. The molecule has 0 unspecified atom stereocenters. The van der Waals surface area contributed by atoms with Crippen LogP contribution in [0.2, 0.25) is 0 Å². The molecule has 1 aliphatic rings. The fourth-order valence-electron chi connectivity index (χ4n) is 3.15. The molecule has 0 bridgehead atoms. The van der Waals surface area contributed by atoms with Gasteiger partial charge in [-0.05, 0) is 57.8 Å². The lowest BCUT2D eigenvalue weighted by molar-refractivity contribution is -0.145. The maximum Gasteiger partial charge on any atom is 0.320 e. The van der Waals surface area contributed by atoms with E-state index in [0.717, 1.165) is 10.0 Å². The molecule has 1 saturated heterocycles. The molecule has 0 aliphatic carbocycles. The first kappa shape index (κ1) is 21.1. The van der Waals surface area contributed by atoms with Crippen molar-refractivity contribution >= 4 is 21.9 Å². The number of benzene rings is 1. The highest BCUT2D eigenvalue weighted by Gasteiger charge is 2.35. The Morgan fingerprint density at radius 3 is 2.69 bits per heavy atom. The Labute approximate surface area is 162 Å². The van der Waals surface area contributed by atoms with Crippen molar-refractivity contribution in [2.75, 3.05) is 32.8 Å². The number of hydrogen-bond acceptors (Lipinski definition) is 4. The predicted molar refractivity (Wildman–Crippen MR) is 99.7 cm³/mol. The molecule has 7 heteroatoms. The Kier molecular flexibility index (Phi) is 7.83. The fraction of sp³-hybridized carbons (Fsp3) is 0.632. The molecule has 26 heavy (non-hydrogen) atoms. The van der Waals surface area contributed by atoms with Crippen molar-refractivity contribution in [3.8, 4) is 5.75 Å². The summed E-state index contributed by atoms with van der Waals surface area (Å²) in [6.07, 6.45) is 1.13. The van der Waals surface area contributed by atoms with E-state index >= 15 is 0 Å². The zero-order valence-electron chi connectivity index (χ0n) is 15.3. The molecule has 1 aromatic rings. The number of nitrogens with zero attached hydrogens (tertiary/aromatic N) is 1. The topological polar surface area (TPSA) is 38.8 Å². The van der Waals surface area contributed by atoms with Crippen molar-refractivity contribution in [3.63, 3.8) is 0 Å². The van der Waals surface area contributed by atoms with E-state index in [1.54, 1.807) is 19.1 Å². The quantitative estimate of drug-likeness (QED) is 0.568. The standard InChI is InChI=1S/C19H26BrF2NO3/c1-3-25-18(24)12-23-9-7-15(8-10-23)11-19(21,22)13-26-17-6-4-5-16(20)14(17)2/h4-6,15H,3,7-13H2,1-2H3. The van der Waals surface area contributed by atoms with Crippen LogP contribution >= 0.6 is 15.9 Å². The number of hydrogen-bond donors (Lipinski definition) is 0. The first-order valence-corrected chi connectivity index (χ1v) is 9.73. The normalized spacial score (nSPS) is 16.5. The van der Waals surface area contributed by atoms with Gasteiger partial charge in [0, 0.05) is 16.5 Å². The van der Waals surface area contributed by atoms with Crippen LogP contribution in [0.25, 0.3) is 0 Å². The third-order valence-corrected chi connectivity index (χ3v) is 5.47. The summed E-state index contributed by atoms with van der Waals surface area (Å²) >= 11 is 3.37. The van der Waals surface area contributed by atoms with E-state index in [0.29, 0.717) is 38.3 Å². The highest BCUT2D eigenvalue weighted by atomic mass is 79.9. The molecule has 0 N–H and O–H groups in total. The van der Waals surface area contributed by atoms with Crippen molar-refractivity contribution in [3.05, 3.63) is 28.2 Å². The molecule has 4 nitrogen and oxygen atoms in total. The third kappa shape index (κ3) is 6.50. The molecule has 2 rings (SSSR count). The second-order valence-electron chi connectivity index (χ2n) is 6.74. The lowest BCUT2D eigenvalue weighted by Gasteiger charge is -2.32. The van der Waals surface area contributed by atoms with Crippen LogP contribution in [0.3, 0.4) is 0 Å². The molecular formula is C19H26BrF2NO3. The lowest BCUT2D eigenvalue weighted by Crippen LogP contribution is -2.40. The van der Waals surface area contributed by atoms with Gasteiger partial charge in [-0.15, -0.1) is 0 Å². The summed E-state index contributed by atoms with van der Waals surface area (Å²) in [6.45, 7) is 4.87. The highest BCUT2D eigenvalue weighted by Crippen LogP contribution is 2.32. The minimum absolute atomic E-state index is 0.0596. The fourth-order valence-corrected chi connectivity index (χ4v) is 3.49. The maximum atomic E-state index is 14.3. The van der Waals surface area contributed by atoms with Gasteiger partial charge in [-0.3, -0.25) is 9.69 Å². The van der Waals surface area contributed by atoms with Crippen LogP contribution in [-0.4, -0.2) is 49.6 Å². The number of halogens is 3. The van der Waals surface area contributed by atoms with Gasteiger partial charge in [0.2, 0.25) is 0 Å². The molecule has 0 aromatic heterocycles. The van der Waals surface area contributed by atoms with E-state index in [9.17, 15) is 13.6 Å². The number of likely N-dealkylation sites (tertiary alicyclic amines) is 1. The lowest BCUT2D eigenvalue weighted by atomic mass is 9.91. The number of esters is 1. The number of alkyl halides is 2. The average Bonchev–Trinajstić information content (AvgIpc) is 2.58. The zero-order chi connectivity index (χ0) is 19.2. The van der Waals surface area contributed by atoms with Gasteiger partial charge in [0.1, 0.15) is 5.75 Å². The largest absolute Gasteiger partial charge is 0.487 e. The minimum atomic E-state index is -2.87. The summed E-state index contributed by atoms with van der Waals surface area (Å²) in [5.41, 5.74) is 0.815. The Hall–Kier alpha value is -1.21. The summed E-state index contributed by atoms with van der Waals surface area (Å²) in [7, 11) is 0. The van der Waals surface area contributed by atoms with Gasteiger partial charge in [-0.1, -0.05) is 22.0 Å². The van der Waals surface area contributed by atoms with Crippen molar-refractivity contribution < 1.29 is 23.0 Å². The van der Waals surface area contributed by atoms with Gasteiger partial charge in [0.25, 0.3) is 5.92 Å². The summed E-state index contributed by atoms with van der Waals surface area (Å²) in [5.74, 6) is -2.71. The van der Waals surface area contributed by atoms with E-state index in [2.05, 4.69) is 15.9 Å². The van der Waals surface area contributed by atoms with Gasteiger partial charge in [-0.25, -0.2) is 8.78 Å². The van der Waals surface area contributed by atoms with Crippen molar-refractivity contribution in [2.24, 2.45) is 5.92 Å². The van der Waals surface area contributed by atoms with E-state index in [4.69, 9.17) is 9.47 Å². The van der Waals surface area contributed by atoms with Crippen LogP contribution in [0.4, 0.5) is 8.78 Å². The second-order valence-corrected chi connectivity index (χ2v) is 7.59. The first-order valence-electron chi connectivity index (χ1n) is 8.94. The average molecular weight is 434 g/mol. The van der Waals surface area contributed by atoms with E-state index in [-0.39, 0.29) is 24.9 Å².